The van der Waals surface area contributed by atoms with Gasteiger partial charge in [-0.05, 0) is 64.7 Å². The number of para-hydroxylation sites is 2. The van der Waals surface area contributed by atoms with E-state index in [9.17, 15) is 0 Å². The smallest absolute Gasteiger partial charge is 0.159 e. The van der Waals surface area contributed by atoms with E-state index in [1.54, 1.807) is 0 Å². The van der Waals surface area contributed by atoms with Crippen LogP contribution in [0.5, 0.6) is 0 Å². The van der Waals surface area contributed by atoms with E-state index >= 15 is 0 Å². The Bertz CT molecular complexity index is 1780. The van der Waals surface area contributed by atoms with Gasteiger partial charge in [0.1, 0.15) is 5.58 Å². The molecule has 0 aliphatic heterocycles. The number of halogens is 1. The third kappa shape index (κ3) is 3.09. The Balaban J connectivity index is 1.51. The average Bonchev–Trinajstić information content (AvgIpc) is 3.38. The molecule has 0 amide bonds. The van der Waals surface area contributed by atoms with Gasteiger partial charge in [0, 0.05) is 32.0 Å². The van der Waals surface area contributed by atoms with Crippen LogP contribution in [0.15, 0.2) is 118 Å². The van der Waals surface area contributed by atoms with Crippen LogP contribution in [0, 0.1) is 0 Å². The van der Waals surface area contributed by atoms with Crippen LogP contribution in [0.2, 0.25) is 0 Å². The number of fused-ring (bicyclic) bond motifs is 6. The first-order valence-corrected chi connectivity index (χ1v) is 13.0. The van der Waals surface area contributed by atoms with Gasteiger partial charge in [-0.3, -0.25) is 0 Å². The lowest BCUT2D eigenvalue weighted by Crippen LogP contribution is -2.16. The predicted octanol–water partition coefficient (Wildman–Crippen LogP) is 10.1. The number of nitrogens with zero attached hydrogens (tertiary/aromatic N) is 1. The van der Waals surface area contributed by atoms with Crippen molar-refractivity contribution in [3.63, 3.8) is 0 Å². The zero-order valence-electron chi connectivity index (χ0n) is 20.1. The van der Waals surface area contributed by atoms with Crippen molar-refractivity contribution in [2.45, 2.75) is 19.3 Å². The quantitative estimate of drug-likeness (QED) is 0.226. The van der Waals surface area contributed by atoms with E-state index in [2.05, 4.69) is 132 Å². The molecule has 0 spiro atoms. The van der Waals surface area contributed by atoms with E-state index in [0.717, 1.165) is 43.5 Å². The van der Waals surface area contributed by atoms with Crippen LogP contribution in [-0.2, 0) is 5.41 Å². The van der Waals surface area contributed by atoms with Gasteiger partial charge in [0.15, 0.2) is 5.58 Å². The zero-order chi connectivity index (χ0) is 24.4. The van der Waals surface area contributed by atoms with Crippen molar-refractivity contribution >= 4 is 54.9 Å². The Hall–Kier alpha value is -3.82. The molecule has 1 aliphatic rings. The van der Waals surface area contributed by atoms with Crippen molar-refractivity contribution in [1.29, 1.82) is 0 Å². The molecule has 1 aromatic heterocycles. The van der Waals surface area contributed by atoms with Crippen molar-refractivity contribution < 1.29 is 4.42 Å². The number of hydrogen-bond donors (Lipinski definition) is 0. The maximum absolute atomic E-state index is 6.48. The van der Waals surface area contributed by atoms with E-state index in [4.69, 9.17) is 4.42 Å². The summed E-state index contributed by atoms with van der Waals surface area (Å²) in [6, 6.07) is 38.7. The van der Waals surface area contributed by atoms with Gasteiger partial charge < -0.3 is 9.32 Å². The fourth-order valence-corrected chi connectivity index (χ4v) is 6.22. The molecule has 1 aliphatic carbocycles. The Kier molecular flexibility index (Phi) is 4.67. The predicted molar refractivity (Wildman–Crippen MR) is 154 cm³/mol. The van der Waals surface area contributed by atoms with Crippen LogP contribution in [0.3, 0.4) is 0 Å². The monoisotopic (exact) mass is 529 g/mol. The lowest BCUT2D eigenvalue weighted by atomic mass is 9.82. The minimum atomic E-state index is -0.0732. The molecular weight excluding hydrogens is 506 g/mol. The summed E-state index contributed by atoms with van der Waals surface area (Å²) < 4.78 is 7.50. The Labute approximate surface area is 218 Å². The summed E-state index contributed by atoms with van der Waals surface area (Å²) in [5.41, 5.74) is 10.3. The Morgan fingerprint density at radius 1 is 0.639 bits per heavy atom. The minimum absolute atomic E-state index is 0.0732. The molecule has 5 aromatic carbocycles. The zero-order valence-corrected chi connectivity index (χ0v) is 21.7. The van der Waals surface area contributed by atoms with Crippen molar-refractivity contribution in [2.24, 2.45) is 0 Å². The van der Waals surface area contributed by atoms with Crippen LogP contribution in [0.4, 0.5) is 17.1 Å². The molecular formula is C33H24BrNO. The Morgan fingerprint density at radius 2 is 1.36 bits per heavy atom. The second kappa shape index (κ2) is 7.84. The number of benzene rings is 5. The highest BCUT2D eigenvalue weighted by molar-refractivity contribution is 9.10. The first-order valence-electron chi connectivity index (χ1n) is 12.2. The van der Waals surface area contributed by atoms with Crippen LogP contribution in [-0.4, -0.2) is 0 Å². The molecule has 0 fully saturated rings. The number of anilines is 3. The molecule has 0 bridgehead atoms. The molecule has 3 heteroatoms. The highest BCUT2D eigenvalue weighted by Gasteiger charge is 2.35. The Morgan fingerprint density at radius 3 is 2.22 bits per heavy atom. The fraction of sp³-hybridized carbons (Fsp3) is 0.0909. The molecule has 0 radical (unpaired) electrons. The van der Waals surface area contributed by atoms with Crippen LogP contribution in [0.1, 0.15) is 25.0 Å². The normalized spacial score (nSPS) is 13.6. The molecule has 0 atom stereocenters. The van der Waals surface area contributed by atoms with Gasteiger partial charge in [-0.15, -0.1) is 0 Å². The molecule has 36 heavy (non-hydrogen) atoms. The highest BCUT2D eigenvalue weighted by atomic mass is 79.9. The molecule has 0 saturated carbocycles. The highest BCUT2D eigenvalue weighted by Crippen LogP contribution is 2.51. The first-order chi connectivity index (χ1) is 17.5. The molecule has 2 nitrogen and oxygen atoms in total. The number of rotatable bonds is 3. The summed E-state index contributed by atoms with van der Waals surface area (Å²) in [5, 5.41) is 2.22. The second-order valence-electron chi connectivity index (χ2n) is 9.97. The van der Waals surface area contributed by atoms with E-state index in [1.807, 2.05) is 12.1 Å². The number of furan rings is 1. The van der Waals surface area contributed by atoms with E-state index < -0.39 is 0 Å². The molecule has 0 unspecified atom stereocenters. The van der Waals surface area contributed by atoms with Crippen LogP contribution >= 0.6 is 15.9 Å². The van der Waals surface area contributed by atoms with E-state index in [1.165, 1.54) is 22.3 Å². The van der Waals surface area contributed by atoms with Crippen molar-refractivity contribution in [1.82, 2.24) is 0 Å². The summed E-state index contributed by atoms with van der Waals surface area (Å²) in [5.74, 6) is 0. The van der Waals surface area contributed by atoms with Gasteiger partial charge in [0.05, 0.1) is 5.69 Å². The van der Waals surface area contributed by atoms with Crippen molar-refractivity contribution in [2.75, 3.05) is 4.90 Å². The molecule has 0 N–H and O–H groups in total. The van der Waals surface area contributed by atoms with Crippen molar-refractivity contribution in [3.8, 4) is 11.1 Å². The third-order valence-electron chi connectivity index (χ3n) is 7.50. The van der Waals surface area contributed by atoms with Gasteiger partial charge in [0.25, 0.3) is 0 Å². The summed E-state index contributed by atoms with van der Waals surface area (Å²) >= 11 is 3.79. The number of hydrogen-bond acceptors (Lipinski definition) is 2. The molecule has 1 heterocycles. The molecule has 6 aromatic rings. The van der Waals surface area contributed by atoms with Crippen molar-refractivity contribution in [3.05, 3.63) is 125 Å². The summed E-state index contributed by atoms with van der Waals surface area (Å²) in [7, 11) is 0. The largest absolute Gasteiger partial charge is 0.454 e. The van der Waals surface area contributed by atoms with Gasteiger partial charge in [0.2, 0.25) is 0 Å². The van der Waals surface area contributed by atoms with Gasteiger partial charge in [-0.1, -0.05) is 96.5 Å². The lowest BCUT2D eigenvalue weighted by Gasteiger charge is -2.28. The second-order valence-corrected chi connectivity index (χ2v) is 10.9. The van der Waals surface area contributed by atoms with Crippen LogP contribution < -0.4 is 4.90 Å². The average molecular weight is 530 g/mol. The lowest BCUT2D eigenvalue weighted by molar-refractivity contribution is 0.660. The van der Waals surface area contributed by atoms with E-state index in [0.29, 0.717) is 0 Å². The SMILES string of the molecule is CC1(C)c2ccccc2-c2ccc(N(c3ccccc3)c3cc(Br)cc4c3oc3ccccc34)cc21. The topological polar surface area (TPSA) is 16.4 Å². The molecule has 0 saturated heterocycles. The first kappa shape index (κ1) is 21.5. The summed E-state index contributed by atoms with van der Waals surface area (Å²) in [6.07, 6.45) is 0. The third-order valence-corrected chi connectivity index (χ3v) is 7.96. The van der Waals surface area contributed by atoms with Gasteiger partial charge in [-0.25, -0.2) is 0 Å². The summed E-state index contributed by atoms with van der Waals surface area (Å²) in [6.45, 7) is 4.65. The van der Waals surface area contributed by atoms with Gasteiger partial charge in [-0.2, -0.15) is 0 Å². The maximum Gasteiger partial charge on any atom is 0.159 e. The fourth-order valence-electron chi connectivity index (χ4n) is 5.78. The van der Waals surface area contributed by atoms with E-state index in [-0.39, 0.29) is 5.41 Å². The minimum Gasteiger partial charge on any atom is -0.454 e. The molecule has 174 valence electrons. The summed E-state index contributed by atoms with van der Waals surface area (Å²) in [4.78, 5) is 2.31. The molecule has 7 rings (SSSR count). The maximum atomic E-state index is 6.48. The van der Waals surface area contributed by atoms with Crippen LogP contribution in [0.25, 0.3) is 33.1 Å². The van der Waals surface area contributed by atoms with Gasteiger partial charge >= 0.3 is 0 Å². The standard InChI is InChI=1S/C33H24BrNO/c1-33(2)28-14-8-6-12-24(28)25-17-16-23(20-29(25)33)35(22-10-4-3-5-11-22)30-19-21(34)18-27-26-13-7-9-15-31(26)36-32(27)30/h3-20H,1-2H3.